The lowest BCUT2D eigenvalue weighted by Gasteiger charge is -2.31. The van der Waals surface area contributed by atoms with Gasteiger partial charge in [-0.25, -0.2) is 4.98 Å². The van der Waals surface area contributed by atoms with Crippen molar-refractivity contribution in [1.29, 1.82) is 5.26 Å². The van der Waals surface area contributed by atoms with Gasteiger partial charge < -0.3 is 4.90 Å². The van der Waals surface area contributed by atoms with Crippen molar-refractivity contribution < 1.29 is 4.79 Å². The summed E-state index contributed by atoms with van der Waals surface area (Å²) in [5, 5.41) is 9.46. The summed E-state index contributed by atoms with van der Waals surface area (Å²) in [4.78, 5) is 17.7. The lowest BCUT2D eigenvalue weighted by atomic mass is 10.0. The van der Waals surface area contributed by atoms with Gasteiger partial charge in [0, 0.05) is 12.7 Å². The van der Waals surface area contributed by atoms with Crippen molar-refractivity contribution in [2.45, 2.75) is 25.3 Å². The van der Waals surface area contributed by atoms with E-state index in [0.717, 1.165) is 19.3 Å². The van der Waals surface area contributed by atoms with Gasteiger partial charge in [0.15, 0.2) is 0 Å². The third-order valence-corrected chi connectivity index (χ3v) is 3.64. The number of nitriles is 1. The number of piperidine rings is 1. The zero-order valence-electron chi connectivity index (χ0n) is 9.57. The molecule has 1 fully saturated rings. The summed E-state index contributed by atoms with van der Waals surface area (Å²) in [6.45, 7) is 0.595. The second kappa shape index (κ2) is 5.55. The highest BCUT2D eigenvalue weighted by molar-refractivity contribution is 6.41. The summed E-state index contributed by atoms with van der Waals surface area (Å²) in [7, 11) is 0. The van der Waals surface area contributed by atoms with Crippen LogP contribution in [0.4, 0.5) is 0 Å². The van der Waals surface area contributed by atoms with Crippen molar-refractivity contribution in [3.05, 3.63) is 28.0 Å². The van der Waals surface area contributed by atoms with E-state index in [-0.39, 0.29) is 22.1 Å². The third-order valence-electron chi connectivity index (χ3n) is 2.96. The molecule has 94 valence electrons. The Hall–Kier alpha value is -1.31. The molecule has 1 atom stereocenters. The van der Waals surface area contributed by atoms with Crippen LogP contribution in [0.5, 0.6) is 0 Å². The third kappa shape index (κ3) is 2.58. The Morgan fingerprint density at radius 2 is 2.28 bits per heavy atom. The van der Waals surface area contributed by atoms with E-state index < -0.39 is 0 Å². The summed E-state index contributed by atoms with van der Waals surface area (Å²) < 4.78 is 0. The van der Waals surface area contributed by atoms with Gasteiger partial charge in [-0.15, -0.1) is 0 Å². The van der Waals surface area contributed by atoms with Gasteiger partial charge in [-0.05, 0) is 25.3 Å². The smallest absolute Gasteiger partial charge is 0.256 e. The van der Waals surface area contributed by atoms with Gasteiger partial charge >= 0.3 is 0 Å². The van der Waals surface area contributed by atoms with Crippen LogP contribution < -0.4 is 0 Å². The predicted molar refractivity (Wildman–Crippen MR) is 68.5 cm³/mol. The Bertz CT molecular complexity index is 513. The summed E-state index contributed by atoms with van der Waals surface area (Å²) in [6, 6.07) is 3.28. The molecular formula is C12H11Cl2N3O. The number of nitrogens with zero attached hydrogens (tertiary/aromatic N) is 3. The average molecular weight is 284 g/mol. The zero-order valence-corrected chi connectivity index (χ0v) is 11.1. The first-order valence-electron chi connectivity index (χ1n) is 5.65. The minimum absolute atomic E-state index is 0.170. The lowest BCUT2D eigenvalue weighted by molar-refractivity contribution is 0.0670. The number of aromatic nitrogens is 1. The Labute approximate surface area is 115 Å². The van der Waals surface area contributed by atoms with Crippen molar-refractivity contribution in [3.63, 3.8) is 0 Å². The molecule has 1 aliphatic heterocycles. The van der Waals surface area contributed by atoms with Gasteiger partial charge in [-0.3, -0.25) is 4.79 Å². The van der Waals surface area contributed by atoms with Gasteiger partial charge in [0.05, 0.1) is 16.7 Å². The molecule has 0 aliphatic carbocycles. The molecule has 1 unspecified atom stereocenters. The molecule has 4 nitrogen and oxygen atoms in total. The largest absolute Gasteiger partial charge is 0.323 e. The SMILES string of the molecule is N#CC1CCCCN1C(=O)c1cnc(Cl)c(Cl)c1. The molecule has 1 amide bonds. The second-order valence-corrected chi connectivity index (χ2v) is 4.90. The summed E-state index contributed by atoms with van der Waals surface area (Å²) in [6.07, 6.45) is 4.00. The van der Waals surface area contributed by atoms with Crippen molar-refractivity contribution in [3.8, 4) is 6.07 Å². The van der Waals surface area contributed by atoms with Crippen LogP contribution in [0, 0.1) is 11.3 Å². The van der Waals surface area contributed by atoms with E-state index in [1.165, 1.54) is 12.3 Å². The molecular weight excluding hydrogens is 273 g/mol. The van der Waals surface area contributed by atoms with Crippen LogP contribution in [0.3, 0.4) is 0 Å². The molecule has 0 saturated carbocycles. The number of likely N-dealkylation sites (tertiary alicyclic amines) is 1. The Balaban J connectivity index is 2.24. The molecule has 18 heavy (non-hydrogen) atoms. The molecule has 6 heteroatoms. The molecule has 1 aromatic rings. The molecule has 1 saturated heterocycles. The van der Waals surface area contributed by atoms with Crippen LogP contribution in [0.25, 0.3) is 0 Å². The van der Waals surface area contributed by atoms with E-state index >= 15 is 0 Å². The molecule has 0 radical (unpaired) electrons. The van der Waals surface area contributed by atoms with Crippen LogP contribution >= 0.6 is 23.2 Å². The Morgan fingerprint density at radius 1 is 1.50 bits per heavy atom. The van der Waals surface area contributed by atoms with Crippen LogP contribution in [0.2, 0.25) is 10.2 Å². The standard InChI is InChI=1S/C12H11Cl2N3O/c13-10-5-8(7-16-11(10)14)12(18)17-4-2-1-3-9(17)6-15/h5,7,9H,1-4H2. The topological polar surface area (TPSA) is 57.0 Å². The highest BCUT2D eigenvalue weighted by Crippen LogP contribution is 2.23. The van der Waals surface area contributed by atoms with Crippen LogP contribution in [0.15, 0.2) is 12.3 Å². The molecule has 1 aliphatic rings. The van der Waals surface area contributed by atoms with Gasteiger partial charge in [0.2, 0.25) is 0 Å². The maximum atomic E-state index is 12.3. The Morgan fingerprint density at radius 3 is 2.94 bits per heavy atom. The fourth-order valence-electron chi connectivity index (χ4n) is 2.01. The normalized spacial score (nSPS) is 19.4. The molecule has 2 rings (SSSR count). The molecule has 1 aromatic heterocycles. The number of halogens is 2. The van der Waals surface area contributed by atoms with Crippen molar-refractivity contribution in [2.75, 3.05) is 6.54 Å². The first-order chi connectivity index (χ1) is 8.63. The quantitative estimate of drug-likeness (QED) is 0.745. The second-order valence-electron chi connectivity index (χ2n) is 4.14. The highest BCUT2D eigenvalue weighted by Gasteiger charge is 2.27. The van der Waals surface area contributed by atoms with Gasteiger partial charge in [-0.1, -0.05) is 23.2 Å². The first-order valence-corrected chi connectivity index (χ1v) is 6.40. The first kappa shape index (κ1) is 13.1. The Kier molecular flexibility index (Phi) is 4.05. The number of carbonyl (C=O) groups is 1. The number of hydrogen-bond donors (Lipinski definition) is 0. The number of carbonyl (C=O) groups excluding carboxylic acids is 1. The van der Waals surface area contributed by atoms with Crippen LogP contribution in [0.1, 0.15) is 29.6 Å². The van der Waals surface area contributed by atoms with E-state index in [1.54, 1.807) is 4.90 Å². The average Bonchev–Trinajstić information content (AvgIpc) is 2.41. The molecule has 0 N–H and O–H groups in total. The van der Waals surface area contributed by atoms with E-state index in [4.69, 9.17) is 28.5 Å². The molecule has 2 heterocycles. The summed E-state index contributed by atoms with van der Waals surface area (Å²) in [5.41, 5.74) is 0.367. The highest BCUT2D eigenvalue weighted by atomic mass is 35.5. The fourth-order valence-corrected chi connectivity index (χ4v) is 2.28. The maximum Gasteiger partial charge on any atom is 0.256 e. The van der Waals surface area contributed by atoms with Crippen LogP contribution in [-0.4, -0.2) is 28.4 Å². The van der Waals surface area contributed by atoms with E-state index in [0.29, 0.717) is 12.1 Å². The zero-order chi connectivity index (χ0) is 13.1. The van der Waals surface area contributed by atoms with E-state index in [1.807, 2.05) is 0 Å². The van der Waals surface area contributed by atoms with E-state index in [2.05, 4.69) is 11.1 Å². The minimum atomic E-state index is -0.360. The molecule has 0 aromatic carbocycles. The number of rotatable bonds is 1. The van der Waals surface area contributed by atoms with Crippen molar-refractivity contribution >= 4 is 29.1 Å². The minimum Gasteiger partial charge on any atom is -0.323 e. The molecule has 0 bridgehead atoms. The maximum absolute atomic E-state index is 12.3. The van der Waals surface area contributed by atoms with Gasteiger partial charge in [-0.2, -0.15) is 5.26 Å². The monoisotopic (exact) mass is 283 g/mol. The van der Waals surface area contributed by atoms with Gasteiger partial charge in [0.1, 0.15) is 11.2 Å². The van der Waals surface area contributed by atoms with Crippen molar-refractivity contribution in [2.24, 2.45) is 0 Å². The predicted octanol–water partition coefficient (Wildman–Crippen LogP) is 2.91. The molecule has 0 spiro atoms. The fraction of sp³-hybridized carbons (Fsp3) is 0.417. The number of amides is 1. The van der Waals surface area contributed by atoms with Gasteiger partial charge in [0.25, 0.3) is 5.91 Å². The van der Waals surface area contributed by atoms with Crippen LogP contribution in [-0.2, 0) is 0 Å². The summed E-state index contributed by atoms with van der Waals surface area (Å²) in [5.74, 6) is -0.215. The summed E-state index contributed by atoms with van der Waals surface area (Å²) >= 11 is 11.5. The van der Waals surface area contributed by atoms with E-state index in [9.17, 15) is 4.79 Å². The lowest BCUT2D eigenvalue weighted by Crippen LogP contribution is -2.42. The number of hydrogen-bond acceptors (Lipinski definition) is 3. The number of pyridine rings is 1. The van der Waals surface area contributed by atoms with Crippen molar-refractivity contribution in [1.82, 2.24) is 9.88 Å².